The fraction of sp³-hybridized carbons (Fsp3) is 0.0714. The number of nitrogens with two attached hydrogens (primary N) is 1. The molecule has 3 nitrogen and oxygen atoms in total. The standard InChI is InChI=1S/C14H10ClF2N3/c15-9-5-13-12(6-11(9)17)19-14(18)20(13)7-8-3-1-2-4-10(8)16/h1-6H,7H2,(H2,18,19). The van der Waals surface area contributed by atoms with E-state index >= 15 is 0 Å². The maximum atomic E-state index is 13.7. The van der Waals surface area contributed by atoms with Crippen molar-refractivity contribution in [2.45, 2.75) is 6.54 Å². The molecule has 0 saturated carbocycles. The number of rotatable bonds is 2. The average Bonchev–Trinajstić information content (AvgIpc) is 2.69. The van der Waals surface area contributed by atoms with Gasteiger partial charge >= 0.3 is 0 Å². The van der Waals surface area contributed by atoms with E-state index in [-0.39, 0.29) is 23.3 Å². The Morgan fingerprint density at radius 2 is 1.90 bits per heavy atom. The summed E-state index contributed by atoms with van der Waals surface area (Å²) in [7, 11) is 0. The number of fused-ring (bicyclic) bond motifs is 1. The average molecular weight is 294 g/mol. The SMILES string of the molecule is Nc1nc2cc(F)c(Cl)cc2n1Cc1ccccc1F. The fourth-order valence-electron chi connectivity index (χ4n) is 2.10. The lowest BCUT2D eigenvalue weighted by atomic mass is 10.2. The molecular weight excluding hydrogens is 284 g/mol. The number of imidazole rings is 1. The molecule has 2 aromatic carbocycles. The first kappa shape index (κ1) is 12.9. The highest BCUT2D eigenvalue weighted by Crippen LogP contribution is 2.25. The van der Waals surface area contributed by atoms with Crippen molar-refractivity contribution in [3.63, 3.8) is 0 Å². The minimum atomic E-state index is -0.560. The van der Waals surface area contributed by atoms with Crippen molar-refractivity contribution in [2.24, 2.45) is 0 Å². The maximum Gasteiger partial charge on any atom is 0.201 e. The molecule has 0 aliphatic heterocycles. The molecule has 0 bridgehead atoms. The van der Waals surface area contributed by atoms with Crippen LogP contribution in [0.5, 0.6) is 0 Å². The van der Waals surface area contributed by atoms with Gasteiger partial charge in [-0.25, -0.2) is 13.8 Å². The monoisotopic (exact) mass is 293 g/mol. The Bertz CT molecular complexity index is 798. The van der Waals surface area contributed by atoms with Crippen LogP contribution < -0.4 is 5.73 Å². The summed E-state index contributed by atoms with van der Waals surface area (Å²) in [4.78, 5) is 4.06. The minimum Gasteiger partial charge on any atom is -0.369 e. The third-order valence-corrected chi connectivity index (χ3v) is 3.40. The summed E-state index contributed by atoms with van der Waals surface area (Å²) in [6, 6.07) is 9.03. The van der Waals surface area contributed by atoms with E-state index in [1.165, 1.54) is 18.2 Å². The van der Waals surface area contributed by atoms with Crippen molar-refractivity contribution in [3.8, 4) is 0 Å². The van der Waals surface area contributed by atoms with Crippen LogP contribution in [0.25, 0.3) is 11.0 Å². The van der Waals surface area contributed by atoms with Crippen LogP contribution in [0, 0.1) is 11.6 Å². The van der Waals surface area contributed by atoms with Crippen molar-refractivity contribution in [2.75, 3.05) is 5.73 Å². The van der Waals surface area contributed by atoms with E-state index < -0.39 is 5.82 Å². The molecule has 3 rings (SSSR count). The van der Waals surface area contributed by atoms with Gasteiger partial charge in [-0.15, -0.1) is 0 Å². The number of nitrogens with zero attached hydrogens (tertiary/aromatic N) is 2. The predicted octanol–water partition coefficient (Wildman–Crippen LogP) is 3.60. The third kappa shape index (κ3) is 2.10. The number of benzene rings is 2. The summed E-state index contributed by atoms with van der Waals surface area (Å²) in [6.07, 6.45) is 0. The van der Waals surface area contributed by atoms with E-state index in [1.54, 1.807) is 22.8 Å². The van der Waals surface area contributed by atoms with Crippen LogP contribution in [0.4, 0.5) is 14.7 Å². The summed E-state index contributed by atoms with van der Waals surface area (Å²) in [5, 5.41) is -0.0211. The largest absolute Gasteiger partial charge is 0.369 e. The van der Waals surface area contributed by atoms with Crippen LogP contribution in [0.2, 0.25) is 5.02 Å². The molecule has 20 heavy (non-hydrogen) atoms. The second kappa shape index (κ2) is 4.76. The summed E-state index contributed by atoms with van der Waals surface area (Å²) >= 11 is 5.77. The van der Waals surface area contributed by atoms with Gasteiger partial charge in [0.15, 0.2) is 0 Å². The Labute approximate surface area is 118 Å². The van der Waals surface area contributed by atoms with Crippen molar-refractivity contribution in [1.82, 2.24) is 9.55 Å². The summed E-state index contributed by atoms with van der Waals surface area (Å²) in [6.45, 7) is 0.205. The molecule has 6 heteroatoms. The minimum absolute atomic E-state index is 0.0211. The molecule has 3 aromatic rings. The lowest BCUT2D eigenvalue weighted by molar-refractivity contribution is 0.602. The summed E-state index contributed by atoms with van der Waals surface area (Å²) in [5.74, 6) is -0.707. The van der Waals surface area contributed by atoms with Crippen LogP contribution >= 0.6 is 11.6 Å². The van der Waals surface area contributed by atoms with Gasteiger partial charge in [0, 0.05) is 11.6 Å². The molecule has 1 aromatic heterocycles. The number of aromatic nitrogens is 2. The first-order valence-electron chi connectivity index (χ1n) is 5.90. The van der Waals surface area contributed by atoms with E-state index in [0.29, 0.717) is 16.6 Å². The predicted molar refractivity (Wildman–Crippen MR) is 74.6 cm³/mol. The van der Waals surface area contributed by atoms with Gasteiger partial charge in [0.25, 0.3) is 0 Å². The first-order valence-corrected chi connectivity index (χ1v) is 6.28. The molecule has 0 atom stereocenters. The third-order valence-electron chi connectivity index (χ3n) is 3.11. The van der Waals surface area contributed by atoms with E-state index in [0.717, 1.165) is 0 Å². The second-order valence-electron chi connectivity index (χ2n) is 4.40. The van der Waals surface area contributed by atoms with Gasteiger partial charge in [0.1, 0.15) is 11.6 Å². The van der Waals surface area contributed by atoms with Gasteiger partial charge in [-0.3, -0.25) is 0 Å². The summed E-state index contributed by atoms with van der Waals surface area (Å²) < 4.78 is 28.7. The van der Waals surface area contributed by atoms with Crippen LogP contribution in [-0.4, -0.2) is 9.55 Å². The number of halogens is 3. The van der Waals surface area contributed by atoms with E-state index in [4.69, 9.17) is 17.3 Å². The molecule has 0 saturated heterocycles. The molecule has 0 spiro atoms. The second-order valence-corrected chi connectivity index (χ2v) is 4.81. The highest BCUT2D eigenvalue weighted by atomic mass is 35.5. The van der Waals surface area contributed by atoms with Gasteiger partial charge < -0.3 is 10.3 Å². The van der Waals surface area contributed by atoms with Crippen LogP contribution in [-0.2, 0) is 6.54 Å². The van der Waals surface area contributed by atoms with Crippen LogP contribution in [0.15, 0.2) is 36.4 Å². The van der Waals surface area contributed by atoms with E-state index in [1.807, 2.05) is 0 Å². The molecule has 0 unspecified atom stereocenters. The Balaban J connectivity index is 2.14. The molecule has 0 aliphatic rings. The van der Waals surface area contributed by atoms with Crippen molar-refractivity contribution >= 4 is 28.6 Å². The molecule has 1 heterocycles. The van der Waals surface area contributed by atoms with Crippen LogP contribution in [0.3, 0.4) is 0 Å². The van der Waals surface area contributed by atoms with Gasteiger partial charge in [0.2, 0.25) is 5.95 Å². The zero-order valence-corrected chi connectivity index (χ0v) is 11.0. The quantitative estimate of drug-likeness (QED) is 0.784. The zero-order valence-electron chi connectivity index (χ0n) is 10.3. The number of hydrogen-bond donors (Lipinski definition) is 1. The van der Waals surface area contributed by atoms with E-state index in [2.05, 4.69) is 4.98 Å². The molecule has 102 valence electrons. The van der Waals surface area contributed by atoms with Crippen LogP contribution in [0.1, 0.15) is 5.56 Å². The number of nitrogen functional groups attached to an aromatic ring is 1. The molecule has 0 radical (unpaired) electrons. The highest BCUT2D eigenvalue weighted by molar-refractivity contribution is 6.31. The smallest absolute Gasteiger partial charge is 0.201 e. The normalized spacial score (nSPS) is 11.2. The number of hydrogen-bond acceptors (Lipinski definition) is 2. The van der Waals surface area contributed by atoms with Gasteiger partial charge in [-0.1, -0.05) is 29.8 Å². The lowest BCUT2D eigenvalue weighted by Gasteiger charge is -2.08. The Hall–Kier alpha value is -2.14. The maximum absolute atomic E-state index is 13.7. The Kier molecular flexibility index (Phi) is 3.06. The van der Waals surface area contributed by atoms with Crippen molar-refractivity contribution < 1.29 is 8.78 Å². The Morgan fingerprint density at radius 1 is 1.15 bits per heavy atom. The van der Waals surface area contributed by atoms with Gasteiger partial charge in [-0.2, -0.15) is 0 Å². The zero-order chi connectivity index (χ0) is 14.3. The molecule has 2 N–H and O–H groups in total. The Morgan fingerprint density at radius 3 is 2.65 bits per heavy atom. The van der Waals surface area contributed by atoms with Gasteiger partial charge in [-0.05, 0) is 12.1 Å². The topological polar surface area (TPSA) is 43.8 Å². The van der Waals surface area contributed by atoms with Gasteiger partial charge in [0.05, 0.1) is 22.6 Å². The fourth-order valence-corrected chi connectivity index (χ4v) is 2.26. The first-order chi connectivity index (χ1) is 9.56. The molecule has 0 amide bonds. The molecule has 0 fully saturated rings. The lowest BCUT2D eigenvalue weighted by Crippen LogP contribution is -2.06. The van der Waals surface area contributed by atoms with E-state index in [9.17, 15) is 8.78 Å². The van der Waals surface area contributed by atoms with Crippen molar-refractivity contribution in [1.29, 1.82) is 0 Å². The molecule has 0 aliphatic carbocycles. The number of anilines is 1. The van der Waals surface area contributed by atoms with Crippen molar-refractivity contribution in [3.05, 3.63) is 58.6 Å². The molecular formula is C14H10ClF2N3. The summed E-state index contributed by atoms with van der Waals surface area (Å²) in [5.41, 5.74) is 7.24. The highest BCUT2D eigenvalue weighted by Gasteiger charge is 2.13.